The molecule has 1 aromatic heterocycles. The van der Waals surface area contributed by atoms with Gasteiger partial charge in [-0.2, -0.15) is 0 Å². The number of aliphatic hydroxyl groups is 2. The minimum absolute atomic E-state index is 0.138. The topological polar surface area (TPSA) is 119 Å². The van der Waals surface area contributed by atoms with Crippen LogP contribution in [0.1, 0.15) is 5.69 Å². The van der Waals surface area contributed by atoms with E-state index in [2.05, 4.69) is 9.97 Å². The number of aromatic nitrogens is 2. The fourth-order valence-corrected chi connectivity index (χ4v) is 1.58. The fourth-order valence-electron chi connectivity index (χ4n) is 1.58. The average Bonchev–Trinajstić information content (AvgIpc) is 2.59. The lowest BCUT2D eigenvalue weighted by atomic mass is 10.3. The molecule has 7 nitrogen and oxygen atoms in total. The number of rotatable bonds is 2. The van der Waals surface area contributed by atoms with Gasteiger partial charge in [-0.15, -0.1) is 0 Å². The van der Waals surface area contributed by atoms with Crippen molar-refractivity contribution >= 4 is 11.7 Å². The monoisotopic (exact) mass is 223 g/mol. The maximum Gasteiger partial charge on any atom is 0.147 e. The summed E-state index contributed by atoms with van der Waals surface area (Å²) in [4.78, 5) is 9.76. The Morgan fingerprint density at radius 3 is 2.38 bits per heavy atom. The number of amidine groups is 1. The van der Waals surface area contributed by atoms with Crippen LogP contribution in [0, 0.1) is 5.41 Å². The highest BCUT2D eigenvalue weighted by Gasteiger charge is 2.30. The van der Waals surface area contributed by atoms with Crippen LogP contribution in [0.4, 0.5) is 5.82 Å². The molecule has 2 unspecified atom stereocenters. The molecule has 16 heavy (non-hydrogen) atoms. The molecule has 1 saturated heterocycles. The third kappa shape index (κ3) is 1.95. The molecule has 1 aliphatic heterocycles. The molecule has 0 spiro atoms. The molecule has 2 rings (SSSR count). The number of anilines is 1. The predicted octanol–water partition coefficient (Wildman–Crippen LogP) is -1.70. The van der Waals surface area contributed by atoms with Gasteiger partial charge in [0.05, 0.1) is 24.6 Å². The lowest BCUT2D eigenvalue weighted by Gasteiger charge is -2.15. The lowest BCUT2D eigenvalue weighted by Crippen LogP contribution is -2.23. The predicted molar refractivity (Wildman–Crippen MR) is 57.3 cm³/mol. The van der Waals surface area contributed by atoms with E-state index in [4.69, 9.17) is 11.1 Å². The van der Waals surface area contributed by atoms with Crippen molar-refractivity contribution in [3.8, 4) is 0 Å². The number of hydrogen-bond donors (Lipinski definition) is 4. The zero-order chi connectivity index (χ0) is 11.7. The van der Waals surface area contributed by atoms with E-state index in [1.165, 1.54) is 12.4 Å². The Hall–Kier alpha value is -1.73. The summed E-state index contributed by atoms with van der Waals surface area (Å²) in [7, 11) is 0. The number of nitrogens with two attached hydrogens (primary N) is 1. The highest BCUT2D eigenvalue weighted by molar-refractivity contribution is 5.92. The zero-order valence-corrected chi connectivity index (χ0v) is 8.54. The van der Waals surface area contributed by atoms with E-state index in [9.17, 15) is 10.2 Å². The van der Waals surface area contributed by atoms with Gasteiger partial charge in [-0.1, -0.05) is 0 Å². The molecule has 0 bridgehead atoms. The van der Waals surface area contributed by atoms with Crippen molar-refractivity contribution in [1.29, 1.82) is 5.41 Å². The summed E-state index contributed by atoms with van der Waals surface area (Å²) in [5, 5.41) is 25.9. The summed E-state index contributed by atoms with van der Waals surface area (Å²) >= 11 is 0. The van der Waals surface area contributed by atoms with E-state index in [0.717, 1.165) is 0 Å². The van der Waals surface area contributed by atoms with Crippen molar-refractivity contribution in [3.05, 3.63) is 18.1 Å². The molecule has 1 aromatic rings. The normalized spacial score (nSPS) is 24.8. The Labute approximate surface area is 92.1 Å². The summed E-state index contributed by atoms with van der Waals surface area (Å²) in [6.07, 6.45) is 1.36. The van der Waals surface area contributed by atoms with E-state index >= 15 is 0 Å². The van der Waals surface area contributed by atoms with Gasteiger partial charge in [-0.25, -0.2) is 9.97 Å². The summed E-state index contributed by atoms with van der Waals surface area (Å²) in [6, 6.07) is 0. The van der Waals surface area contributed by atoms with Crippen LogP contribution in [0.15, 0.2) is 12.4 Å². The summed E-state index contributed by atoms with van der Waals surface area (Å²) in [6.45, 7) is 0.657. The highest BCUT2D eigenvalue weighted by atomic mass is 16.3. The molecule has 5 N–H and O–H groups in total. The van der Waals surface area contributed by atoms with E-state index in [-0.39, 0.29) is 5.84 Å². The Morgan fingerprint density at radius 2 is 1.94 bits per heavy atom. The second-order valence-corrected chi connectivity index (χ2v) is 3.71. The molecule has 0 radical (unpaired) electrons. The van der Waals surface area contributed by atoms with Gasteiger partial charge in [0.1, 0.15) is 17.3 Å². The first kappa shape index (κ1) is 10.8. The maximum atomic E-state index is 9.38. The number of hydrogen-bond acceptors (Lipinski definition) is 6. The average molecular weight is 223 g/mol. The Morgan fingerprint density at radius 1 is 1.31 bits per heavy atom. The van der Waals surface area contributed by atoms with Gasteiger partial charge in [0, 0.05) is 13.1 Å². The van der Waals surface area contributed by atoms with Crippen molar-refractivity contribution in [2.24, 2.45) is 5.73 Å². The molecule has 2 heterocycles. The second kappa shape index (κ2) is 4.03. The number of nitrogens with one attached hydrogen (secondary N) is 1. The van der Waals surface area contributed by atoms with Gasteiger partial charge >= 0.3 is 0 Å². The first-order valence-corrected chi connectivity index (χ1v) is 4.85. The quantitative estimate of drug-likeness (QED) is 0.350. The molecule has 0 saturated carbocycles. The second-order valence-electron chi connectivity index (χ2n) is 3.71. The van der Waals surface area contributed by atoms with Crippen molar-refractivity contribution in [1.82, 2.24) is 9.97 Å². The third-order valence-corrected chi connectivity index (χ3v) is 2.50. The van der Waals surface area contributed by atoms with Gasteiger partial charge in [-0.05, 0) is 0 Å². The van der Waals surface area contributed by atoms with Gasteiger partial charge < -0.3 is 20.8 Å². The number of aliphatic hydroxyl groups excluding tert-OH is 2. The third-order valence-electron chi connectivity index (χ3n) is 2.50. The molecule has 7 heteroatoms. The number of β-amino-alcohol motifs (C(OH)–C–C–N with tert-alkyl or cyclic N) is 2. The van der Waals surface area contributed by atoms with E-state index in [0.29, 0.717) is 24.6 Å². The minimum atomic E-state index is -0.755. The SMILES string of the molecule is N=C(N)c1cnc(N2CC(O)C(O)C2)cn1. The number of nitrogens with zero attached hydrogens (tertiary/aromatic N) is 3. The van der Waals surface area contributed by atoms with Crippen LogP contribution in [0.25, 0.3) is 0 Å². The van der Waals surface area contributed by atoms with Crippen molar-refractivity contribution in [3.63, 3.8) is 0 Å². The van der Waals surface area contributed by atoms with Crippen LogP contribution < -0.4 is 10.6 Å². The molecule has 1 fully saturated rings. The van der Waals surface area contributed by atoms with Crippen LogP contribution in [-0.4, -0.2) is 51.3 Å². The fraction of sp³-hybridized carbons (Fsp3) is 0.444. The number of nitrogen functional groups attached to an aromatic ring is 1. The van der Waals surface area contributed by atoms with Gasteiger partial charge in [0.25, 0.3) is 0 Å². The Bertz CT molecular complexity index is 383. The summed E-state index contributed by atoms with van der Waals surface area (Å²) in [5.74, 6) is 0.418. The zero-order valence-electron chi connectivity index (χ0n) is 8.54. The van der Waals surface area contributed by atoms with Crippen molar-refractivity contribution in [2.45, 2.75) is 12.2 Å². The maximum absolute atomic E-state index is 9.38. The summed E-state index contributed by atoms with van der Waals surface area (Å²) < 4.78 is 0. The molecule has 1 aliphatic rings. The molecular weight excluding hydrogens is 210 g/mol. The molecule has 0 amide bonds. The van der Waals surface area contributed by atoms with Crippen LogP contribution in [0.5, 0.6) is 0 Å². The van der Waals surface area contributed by atoms with Crippen LogP contribution in [0.3, 0.4) is 0 Å². The van der Waals surface area contributed by atoms with Crippen LogP contribution in [-0.2, 0) is 0 Å². The van der Waals surface area contributed by atoms with E-state index in [1.807, 2.05) is 0 Å². The first-order chi connectivity index (χ1) is 7.58. The largest absolute Gasteiger partial charge is 0.389 e. The molecule has 2 atom stereocenters. The lowest BCUT2D eigenvalue weighted by molar-refractivity contribution is 0.0572. The first-order valence-electron chi connectivity index (χ1n) is 4.85. The van der Waals surface area contributed by atoms with Gasteiger partial charge in [0.2, 0.25) is 0 Å². The van der Waals surface area contributed by atoms with Crippen LogP contribution >= 0.6 is 0 Å². The van der Waals surface area contributed by atoms with Gasteiger partial charge in [-0.3, -0.25) is 5.41 Å². The van der Waals surface area contributed by atoms with E-state index in [1.54, 1.807) is 4.90 Å². The standard InChI is InChI=1S/C9H13N5O2/c10-9(11)5-1-13-8(2-12-5)14-3-6(15)7(16)4-14/h1-2,6-7,15-16H,3-4H2,(H3,10,11). The van der Waals surface area contributed by atoms with Crippen LogP contribution in [0.2, 0.25) is 0 Å². The molecule has 0 aromatic carbocycles. The minimum Gasteiger partial charge on any atom is -0.389 e. The molecule has 0 aliphatic carbocycles. The van der Waals surface area contributed by atoms with Crippen molar-refractivity contribution < 1.29 is 10.2 Å². The van der Waals surface area contributed by atoms with Gasteiger partial charge in [0.15, 0.2) is 0 Å². The Kier molecular flexibility index (Phi) is 2.71. The van der Waals surface area contributed by atoms with E-state index < -0.39 is 12.2 Å². The Balaban J connectivity index is 2.14. The highest BCUT2D eigenvalue weighted by Crippen LogP contribution is 2.17. The van der Waals surface area contributed by atoms with Crippen molar-refractivity contribution in [2.75, 3.05) is 18.0 Å². The summed E-state index contributed by atoms with van der Waals surface area (Å²) in [5.41, 5.74) is 5.56. The molecular formula is C9H13N5O2. The smallest absolute Gasteiger partial charge is 0.147 e. The molecule has 86 valence electrons.